The maximum atomic E-state index is 12.1. The summed E-state index contributed by atoms with van der Waals surface area (Å²) in [6.45, 7) is 6.98. The molecule has 0 aliphatic rings. The highest BCUT2D eigenvalue weighted by Crippen LogP contribution is 2.20. The van der Waals surface area contributed by atoms with Gasteiger partial charge in [0.1, 0.15) is 0 Å². The zero-order valence-electron chi connectivity index (χ0n) is 12.1. The van der Waals surface area contributed by atoms with E-state index >= 15 is 0 Å². The van der Waals surface area contributed by atoms with Gasteiger partial charge in [0, 0.05) is 20.3 Å². The molecule has 0 atom stereocenters. The first-order valence-electron chi connectivity index (χ1n) is 6.32. The van der Waals surface area contributed by atoms with Gasteiger partial charge in [-0.3, -0.25) is 0 Å². The molecule has 0 fully saturated rings. The Kier molecular flexibility index (Phi) is 5.52. The normalized spacial score (nSPS) is 12.6. The van der Waals surface area contributed by atoms with Gasteiger partial charge in [-0.25, -0.2) is 13.1 Å². The lowest BCUT2D eigenvalue weighted by Gasteiger charge is -2.24. The van der Waals surface area contributed by atoms with Crippen molar-refractivity contribution < 1.29 is 13.2 Å². The lowest BCUT2D eigenvalue weighted by molar-refractivity contribution is 0.153. The van der Waals surface area contributed by atoms with E-state index < -0.39 is 10.0 Å². The molecule has 19 heavy (non-hydrogen) atoms. The van der Waals surface area contributed by atoms with E-state index in [1.807, 2.05) is 20.8 Å². The summed E-state index contributed by atoms with van der Waals surface area (Å²) in [5, 5.41) is 0. The monoisotopic (exact) mass is 285 g/mol. The van der Waals surface area contributed by atoms with E-state index in [-0.39, 0.29) is 5.41 Å². The average molecular weight is 285 g/mol. The highest BCUT2D eigenvalue weighted by Gasteiger charge is 2.22. The Hall–Kier alpha value is -0.910. The van der Waals surface area contributed by atoms with Crippen LogP contribution >= 0.6 is 0 Å². The number of ether oxygens (including phenoxy) is 1. The number of hydrogen-bond acceptors (Lipinski definition) is 3. The second kappa shape index (κ2) is 6.50. The molecule has 0 amide bonds. The van der Waals surface area contributed by atoms with Crippen LogP contribution in [0.3, 0.4) is 0 Å². The molecule has 1 rings (SSSR count). The van der Waals surface area contributed by atoms with Gasteiger partial charge in [-0.15, -0.1) is 0 Å². The van der Waals surface area contributed by atoms with Crippen molar-refractivity contribution in [2.45, 2.75) is 32.1 Å². The zero-order chi connectivity index (χ0) is 14.5. The lowest BCUT2D eigenvalue weighted by atomic mass is 9.90. The van der Waals surface area contributed by atoms with Crippen LogP contribution in [0.25, 0.3) is 0 Å². The molecule has 5 heteroatoms. The van der Waals surface area contributed by atoms with Crippen molar-refractivity contribution in [3.8, 4) is 0 Å². The first-order valence-corrected chi connectivity index (χ1v) is 7.80. The van der Waals surface area contributed by atoms with E-state index in [0.717, 1.165) is 12.0 Å². The fraction of sp³-hybridized carbons (Fsp3) is 0.571. The Balaban J connectivity index is 2.68. The predicted molar refractivity (Wildman–Crippen MR) is 76.6 cm³/mol. The van der Waals surface area contributed by atoms with Crippen LogP contribution < -0.4 is 4.72 Å². The molecule has 1 aromatic carbocycles. The van der Waals surface area contributed by atoms with Crippen molar-refractivity contribution in [1.82, 2.24) is 4.72 Å². The van der Waals surface area contributed by atoms with Gasteiger partial charge in [0.2, 0.25) is 10.0 Å². The third-order valence-electron chi connectivity index (χ3n) is 3.05. The van der Waals surface area contributed by atoms with Crippen LogP contribution in [-0.4, -0.2) is 28.7 Å². The molecule has 0 saturated heterocycles. The smallest absolute Gasteiger partial charge is 0.240 e. The molecule has 0 spiro atoms. The molecular formula is C14H23NO3S. The highest BCUT2D eigenvalue weighted by molar-refractivity contribution is 7.89. The molecule has 0 aliphatic heterocycles. The van der Waals surface area contributed by atoms with Gasteiger partial charge in [-0.2, -0.15) is 0 Å². The maximum Gasteiger partial charge on any atom is 0.240 e. The van der Waals surface area contributed by atoms with Crippen LogP contribution in [-0.2, 0) is 14.8 Å². The van der Waals surface area contributed by atoms with Crippen LogP contribution in [0.1, 0.15) is 25.8 Å². The number of aryl methyl sites for hydroxylation is 1. The highest BCUT2D eigenvalue weighted by atomic mass is 32.2. The van der Waals surface area contributed by atoms with Gasteiger partial charge in [0.15, 0.2) is 0 Å². The molecular weight excluding hydrogens is 262 g/mol. The summed E-state index contributed by atoms with van der Waals surface area (Å²) in [5.41, 5.74) is 0.910. The molecule has 0 heterocycles. The van der Waals surface area contributed by atoms with E-state index in [9.17, 15) is 8.42 Å². The molecule has 0 bridgehead atoms. The zero-order valence-corrected chi connectivity index (χ0v) is 12.9. The van der Waals surface area contributed by atoms with Gasteiger partial charge >= 0.3 is 0 Å². The topological polar surface area (TPSA) is 55.4 Å². The minimum atomic E-state index is -3.43. The van der Waals surface area contributed by atoms with Gasteiger partial charge in [0.05, 0.1) is 4.90 Å². The molecule has 108 valence electrons. The quantitative estimate of drug-likeness (QED) is 0.836. The van der Waals surface area contributed by atoms with E-state index in [1.54, 1.807) is 31.4 Å². The fourth-order valence-electron chi connectivity index (χ4n) is 1.56. The van der Waals surface area contributed by atoms with Crippen LogP contribution in [0, 0.1) is 12.3 Å². The Bertz CT molecular complexity index is 492. The minimum Gasteiger partial charge on any atom is -0.385 e. The third-order valence-corrected chi connectivity index (χ3v) is 4.47. The Labute approximate surface area is 116 Å². The van der Waals surface area contributed by atoms with Gasteiger partial charge < -0.3 is 4.74 Å². The van der Waals surface area contributed by atoms with Crippen LogP contribution in [0.15, 0.2) is 29.2 Å². The largest absolute Gasteiger partial charge is 0.385 e. The first-order chi connectivity index (χ1) is 8.77. The van der Waals surface area contributed by atoms with E-state index in [0.29, 0.717) is 18.0 Å². The lowest BCUT2D eigenvalue weighted by Crippen LogP contribution is -2.34. The second-order valence-corrected chi connectivity index (χ2v) is 7.31. The van der Waals surface area contributed by atoms with Crippen molar-refractivity contribution in [3.63, 3.8) is 0 Å². The average Bonchev–Trinajstić information content (AvgIpc) is 2.35. The van der Waals surface area contributed by atoms with Crippen molar-refractivity contribution in [3.05, 3.63) is 29.8 Å². The first kappa shape index (κ1) is 16.1. The minimum absolute atomic E-state index is 0.131. The van der Waals surface area contributed by atoms with Crippen LogP contribution in [0.5, 0.6) is 0 Å². The summed E-state index contributed by atoms with van der Waals surface area (Å²) in [6, 6.07) is 6.84. The number of hydrogen-bond donors (Lipinski definition) is 1. The number of rotatable bonds is 7. The third kappa shape index (κ3) is 5.30. The molecule has 1 aromatic rings. The van der Waals surface area contributed by atoms with Crippen molar-refractivity contribution in [2.75, 3.05) is 20.3 Å². The molecule has 0 aromatic heterocycles. The number of nitrogens with one attached hydrogen (secondary N) is 1. The molecule has 0 radical (unpaired) electrons. The van der Waals surface area contributed by atoms with Crippen LogP contribution in [0.2, 0.25) is 0 Å². The summed E-state index contributed by atoms with van der Waals surface area (Å²) in [5.74, 6) is 0. The molecule has 0 saturated carbocycles. The molecule has 0 aliphatic carbocycles. The Morgan fingerprint density at radius 3 is 2.32 bits per heavy atom. The molecule has 0 unspecified atom stereocenters. The van der Waals surface area contributed by atoms with E-state index in [1.165, 1.54) is 0 Å². The van der Waals surface area contributed by atoms with Crippen molar-refractivity contribution >= 4 is 10.0 Å². The Morgan fingerprint density at radius 1 is 1.21 bits per heavy atom. The fourth-order valence-corrected chi connectivity index (χ4v) is 2.80. The van der Waals surface area contributed by atoms with E-state index in [4.69, 9.17) is 4.74 Å². The van der Waals surface area contributed by atoms with Gasteiger partial charge in [-0.05, 0) is 30.9 Å². The standard InChI is InChI=1S/C14H23NO3S/c1-12-5-7-13(8-6-12)19(16,17)15-11-14(2,3)9-10-18-4/h5-8,15H,9-11H2,1-4H3. The van der Waals surface area contributed by atoms with E-state index in [2.05, 4.69) is 4.72 Å². The summed E-state index contributed by atoms with van der Waals surface area (Å²) in [7, 11) is -1.78. The molecule has 4 nitrogen and oxygen atoms in total. The second-order valence-electron chi connectivity index (χ2n) is 5.54. The van der Waals surface area contributed by atoms with Gasteiger partial charge in [-0.1, -0.05) is 31.5 Å². The Morgan fingerprint density at radius 2 is 1.79 bits per heavy atom. The predicted octanol–water partition coefficient (Wildman–Crippen LogP) is 2.34. The summed E-state index contributed by atoms with van der Waals surface area (Å²) >= 11 is 0. The van der Waals surface area contributed by atoms with Gasteiger partial charge in [0.25, 0.3) is 0 Å². The maximum absolute atomic E-state index is 12.1. The summed E-state index contributed by atoms with van der Waals surface area (Å²) < 4.78 is 31.9. The summed E-state index contributed by atoms with van der Waals surface area (Å²) in [4.78, 5) is 0.306. The SMILES string of the molecule is COCCC(C)(C)CNS(=O)(=O)c1ccc(C)cc1. The molecule has 1 N–H and O–H groups in total. The van der Waals surface area contributed by atoms with Crippen molar-refractivity contribution in [2.24, 2.45) is 5.41 Å². The number of methoxy groups -OCH3 is 1. The summed E-state index contributed by atoms with van der Waals surface area (Å²) in [6.07, 6.45) is 0.805. The van der Waals surface area contributed by atoms with Crippen molar-refractivity contribution in [1.29, 1.82) is 0 Å². The number of sulfonamides is 1. The van der Waals surface area contributed by atoms with Crippen LogP contribution in [0.4, 0.5) is 0 Å². The number of benzene rings is 1.